The topological polar surface area (TPSA) is 70.7 Å². The average Bonchev–Trinajstić information content (AvgIpc) is 2.58. The summed E-state index contributed by atoms with van der Waals surface area (Å²) in [6.07, 6.45) is 0. The highest BCUT2D eigenvalue weighted by Crippen LogP contribution is 2.22. The van der Waals surface area contributed by atoms with Crippen LogP contribution >= 0.6 is 12.2 Å². The van der Waals surface area contributed by atoms with E-state index >= 15 is 0 Å². The fourth-order valence-corrected chi connectivity index (χ4v) is 1.82. The summed E-state index contributed by atoms with van der Waals surface area (Å²) < 4.78 is 0. The Bertz CT molecular complexity index is 512. The van der Waals surface area contributed by atoms with E-state index in [0.717, 1.165) is 11.4 Å². The number of nitrogens with two attached hydrogens (primary N) is 1. The third-order valence-electron chi connectivity index (χ3n) is 2.39. The Morgan fingerprint density at radius 1 is 1.59 bits per heavy atom. The molecule has 0 unspecified atom stereocenters. The molecule has 0 atom stereocenters. The highest BCUT2D eigenvalue weighted by molar-refractivity contribution is 7.80. The fourth-order valence-electron chi connectivity index (χ4n) is 1.70. The summed E-state index contributed by atoms with van der Waals surface area (Å²) in [4.78, 5) is 17.3. The van der Waals surface area contributed by atoms with Crippen LogP contribution in [-0.4, -0.2) is 23.4 Å². The molecule has 0 fully saturated rings. The molecule has 1 aromatic carbocycles. The van der Waals surface area contributed by atoms with Crippen LogP contribution in [0.1, 0.15) is 6.92 Å². The van der Waals surface area contributed by atoms with Crippen molar-refractivity contribution >= 4 is 40.4 Å². The molecule has 1 amide bonds. The maximum atomic E-state index is 11.7. The van der Waals surface area contributed by atoms with E-state index < -0.39 is 0 Å². The quantitative estimate of drug-likeness (QED) is 0.769. The molecule has 0 spiro atoms. The Morgan fingerprint density at radius 2 is 2.35 bits per heavy atom. The molecule has 17 heavy (non-hydrogen) atoms. The lowest BCUT2D eigenvalue weighted by Gasteiger charge is -2.17. The predicted octanol–water partition coefficient (Wildman–Crippen LogP) is 1.11. The highest BCUT2D eigenvalue weighted by atomic mass is 32.1. The van der Waals surface area contributed by atoms with Crippen LogP contribution in [0.2, 0.25) is 0 Å². The Kier molecular flexibility index (Phi) is 3.06. The van der Waals surface area contributed by atoms with Crippen LogP contribution in [-0.2, 0) is 4.79 Å². The van der Waals surface area contributed by atoms with Crippen LogP contribution in [0, 0.1) is 0 Å². The second-order valence-electron chi connectivity index (χ2n) is 3.63. The summed E-state index contributed by atoms with van der Waals surface area (Å²) in [7, 11) is 0. The molecular weight excluding hydrogens is 236 g/mol. The Labute approximate surface area is 104 Å². The third kappa shape index (κ3) is 2.42. The van der Waals surface area contributed by atoms with Crippen molar-refractivity contribution in [2.24, 2.45) is 10.7 Å². The van der Waals surface area contributed by atoms with Gasteiger partial charge in [-0.3, -0.25) is 14.7 Å². The Hall–Kier alpha value is -1.95. The first-order valence-corrected chi connectivity index (χ1v) is 5.49. The maximum absolute atomic E-state index is 11.7. The van der Waals surface area contributed by atoms with Crippen LogP contribution in [0.4, 0.5) is 11.4 Å². The number of hydrogen-bond acceptors (Lipinski definition) is 3. The molecule has 0 saturated heterocycles. The summed E-state index contributed by atoms with van der Waals surface area (Å²) in [6, 6.07) is 7.30. The highest BCUT2D eigenvalue weighted by Gasteiger charge is 2.23. The number of amidine groups is 1. The van der Waals surface area contributed by atoms with Crippen LogP contribution < -0.4 is 16.0 Å². The number of anilines is 2. The van der Waals surface area contributed by atoms with Gasteiger partial charge in [-0.25, -0.2) is 0 Å². The Morgan fingerprint density at radius 3 is 2.94 bits per heavy atom. The first-order chi connectivity index (χ1) is 8.08. The van der Waals surface area contributed by atoms with Gasteiger partial charge in [0.1, 0.15) is 12.4 Å². The fraction of sp³-hybridized carbons (Fsp3) is 0.182. The van der Waals surface area contributed by atoms with E-state index in [9.17, 15) is 4.79 Å². The molecule has 0 saturated carbocycles. The van der Waals surface area contributed by atoms with Crippen molar-refractivity contribution in [3.05, 3.63) is 24.3 Å². The smallest absolute Gasteiger partial charge is 0.254 e. The maximum Gasteiger partial charge on any atom is 0.254 e. The summed E-state index contributed by atoms with van der Waals surface area (Å²) in [5.74, 6) is 0.664. The van der Waals surface area contributed by atoms with Gasteiger partial charge in [-0.15, -0.1) is 0 Å². The number of aliphatic imine (C=N–C) groups is 1. The molecule has 5 nitrogen and oxygen atoms in total. The molecule has 0 bridgehead atoms. The monoisotopic (exact) mass is 248 g/mol. The molecule has 0 aliphatic carbocycles. The van der Waals surface area contributed by atoms with E-state index in [0.29, 0.717) is 5.84 Å². The summed E-state index contributed by atoms with van der Waals surface area (Å²) >= 11 is 4.76. The lowest BCUT2D eigenvalue weighted by Crippen LogP contribution is -2.30. The largest absolute Gasteiger partial charge is 0.376 e. The summed E-state index contributed by atoms with van der Waals surface area (Å²) in [5.41, 5.74) is 6.91. The van der Waals surface area contributed by atoms with Crippen molar-refractivity contribution in [3.8, 4) is 0 Å². The average molecular weight is 248 g/mol. The zero-order chi connectivity index (χ0) is 12.4. The molecule has 6 heteroatoms. The van der Waals surface area contributed by atoms with Crippen molar-refractivity contribution < 1.29 is 4.79 Å². The zero-order valence-corrected chi connectivity index (χ0v) is 10.1. The van der Waals surface area contributed by atoms with Crippen molar-refractivity contribution in [3.63, 3.8) is 0 Å². The van der Waals surface area contributed by atoms with Crippen molar-refractivity contribution in [1.29, 1.82) is 0 Å². The number of carbonyl (C=O) groups excluding carboxylic acids is 1. The van der Waals surface area contributed by atoms with E-state index in [1.807, 2.05) is 18.2 Å². The summed E-state index contributed by atoms with van der Waals surface area (Å²) in [6.45, 7) is 2.01. The number of amides is 1. The number of carbonyl (C=O) groups is 1. The van der Waals surface area contributed by atoms with Crippen molar-refractivity contribution in [1.82, 2.24) is 0 Å². The number of nitrogens with one attached hydrogen (secondary N) is 1. The van der Waals surface area contributed by atoms with Gasteiger partial charge < -0.3 is 11.1 Å². The minimum atomic E-state index is -0.0324. The van der Waals surface area contributed by atoms with Crippen LogP contribution in [0.5, 0.6) is 0 Å². The summed E-state index contributed by atoms with van der Waals surface area (Å²) in [5, 5.41) is 3.02. The molecule has 0 aromatic heterocycles. The first-order valence-electron chi connectivity index (χ1n) is 5.08. The molecule has 2 rings (SSSR count). The standard InChI is InChI=1S/C11H12N4OS/c1-7-13-6-10(16)15(7)9-4-2-3-8(5-9)14-11(12)17/h2-5H,6H2,1H3,(H3,12,14,17). The molecule has 3 N–H and O–H groups in total. The molecular formula is C11H12N4OS. The second kappa shape index (κ2) is 4.50. The minimum Gasteiger partial charge on any atom is -0.376 e. The van der Waals surface area contributed by atoms with E-state index in [4.69, 9.17) is 18.0 Å². The first kappa shape index (κ1) is 11.5. The predicted molar refractivity (Wildman–Crippen MR) is 72.3 cm³/mol. The number of benzene rings is 1. The van der Waals surface area contributed by atoms with Gasteiger partial charge in [0.05, 0.1) is 5.69 Å². The number of thiocarbonyl (C=S) groups is 1. The molecule has 1 heterocycles. The normalized spacial score (nSPS) is 14.8. The van der Waals surface area contributed by atoms with Gasteiger partial charge in [0.2, 0.25) is 0 Å². The molecule has 0 radical (unpaired) electrons. The molecule has 1 aliphatic heterocycles. The van der Waals surface area contributed by atoms with Crippen molar-refractivity contribution in [2.75, 3.05) is 16.8 Å². The SMILES string of the molecule is CC1=NCC(=O)N1c1cccc(NC(N)=S)c1. The van der Waals surface area contributed by atoms with Crippen LogP contribution in [0.25, 0.3) is 0 Å². The molecule has 1 aromatic rings. The van der Waals surface area contributed by atoms with Crippen molar-refractivity contribution in [2.45, 2.75) is 6.92 Å². The van der Waals surface area contributed by atoms with Gasteiger partial charge in [0.25, 0.3) is 5.91 Å². The number of hydrogen-bond donors (Lipinski definition) is 2. The third-order valence-corrected chi connectivity index (χ3v) is 2.49. The van der Waals surface area contributed by atoms with Gasteiger partial charge in [-0.1, -0.05) is 6.07 Å². The van der Waals surface area contributed by atoms with Crippen LogP contribution in [0.15, 0.2) is 29.3 Å². The second-order valence-corrected chi connectivity index (χ2v) is 4.07. The van der Waals surface area contributed by atoms with Crippen LogP contribution in [0.3, 0.4) is 0 Å². The van der Waals surface area contributed by atoms with Gasteiger partial charge in [-0.2, -0.15) is 0 Å². The number of nitrogens with zero attached hydrogens (tertiary/aromatic N) is 2. The molecule has 1 aliphatic rings. The zero-order valence-electron chi connectivity index (χ0n) is 9.30. The molecule has 88 valence electrons. The number of rotatable bonds is 2. The van der Waals surface area contributed by atoms with Gasteiger partial charge >= 0.3 is 0 Å². The minimum absolute atomic E-state index is 0.0324. The van der Waals surface area contributed by atoms with Gasteiger partial charge in [-0.05, 0) is 37.3 Å². The lowest BCUT2D eigenvalue weighted by molar-refractivity contribution is -0.115. The van der Waals surface area contributed by atoms with E-state index in [1.54, 1.807) is 17.9 Å². The lowest BCUT2D eigenvalue weighted by atomic mass is 10.2. The van der Waals surface area contributed by atoms with E-state index in [-0.39, 0.29) is 17.6 Å². The van der Waals surface area contributed by atoms with E-state index in [1.165, 1.54) is 0 Å². The Balaban J connectivity index is 2.30. The van der Waals surface area contributed by atoms with Gasteiger partial charge in [0, 0.05) is 5.69 Å². The van der Waals surface area contributed by atoms with Gasteiger partial charge in [0.15, 0.2) is 5.11 Å². The van der Waals surface area contributed by atoms with E-state index in [2.05, 4.69) is 10.3 Å².